The van der Waals surface area contributed by atoms with Crippen LogP contribution in [-0.2, 0) is 10.3 Å². The number of benzene rings is 4. The lowest BCUT2D eigenvalue weighted by Crippen LogP contribution is -2.33. The molecule has 0 saturated carbocycles. The maximum Gasteiger partial charge on any atom is 0.143 e. The number of ether oxygens (including phenoxy) is 2. The van der Waals surface area contributed by atoms with Crippen LogP contribution in [0.1, 0.15) is 53.5 Å². The molecule has 184 valence electrons. The van der Waals surface area contributed by atoms with Crippen LogP contribution in [0.2, 0.25) is 0 Å². The van der Waals surface area contributed by atoms with Gasteiger partial charge in [0.05, 0.1) is 17.7 Å². The number of hydrogen-bond donors (Lipinski definition) is 0. The molecule has 4 heteroatoms. The molecule has 0 bridgehead atoms. The second-order valence-corrected chi connectivity index (χ2v) is 8.82. The van der Waals surface area contributed by atoms with Crippen LogP contribution in [0.15, 0.2) is 109 Å². The van der Waals surface area contributed by atoms with E-state index in [1.807, 2.05) is 30.3 Å². The zero-order chi connectivity index (χ0) is 25.8. The first-order valence-electron chi connectivity index (χ1n) is 12.7. The molecule has 4 aromatic carbocycles. The van der Waals surface area contributed by atoms with Gasteiger partial charge in [0.25, 0.3) is 0 Å². The summed E-state index contributed by atoms with van der Waals surface area (Å²) in [5.41, 5.74) is 3.36. The molecular formula is C33H30N2O2. The van der Waals surface area contributed by atoms with E-state index in [-0.39, 0.29) is 0 Å². The number of unbranched alkanes of at least 4 members (excludes halogenated alkanes) is 3. The van der Waals surface area contributed by atoms with Gasteiger partial charge in [0.15, 0.2) is 0 Å². The Morgan fingerprint density at radius 1 is 0.541 bits per heavy atom. The normalized spacial score (nSPS) is 10.9. The third kappa shape index (κ3) is 6.25. The highest BCUT2D eigenvalue weighted by molar-refractivity contribution is 5.49. The zero-order valence-electron chi connectivity index (χ0n) is 20.8. The Hall–Kier alpha value is -4.38. The van der Waals surface area contributed by atoms with E-state index in [1.54, 1.807) is 18.2 Å². The molecule has 0 heterocycles. The first-order valence-corrected chi connectivity index (χ1v) is 12.7. The summed E-state index contributed by atoms with van der Waals surface area (Å²) in [4.78, 5) is 0. The van der Waals surface area contributed by atoms with Crippen molar-refractivity contribution >= 4 is 0 Å². The molecule has 4 aromatic rings. The van der Waals surface area contributed by atoms with Crippen LogP contribution in [0.5, 0.6) is 5.75 Å². The summed E-state index contributed by atoms with van der Waals surface area (Å²) in [6.45, 7) is 1.19. The highest BCUT2D eigenvalue weighted by Gasteiger charge is 2.37. The van der Waals surface area contributed by atoms with Crippen LogP contribution in [0.3, 0.4) is 0 Å². The second-order valence-electron chi connectivity index (χ2n) is 8.82. The fraction of sp³-hybridized carbons (Fsp3) is 0.212. The van der Waals surface area contributed by atoms with Crippen LogP contribution in [0.25, 0.3) is 0 Å². The first-order chi connectivity index (χ1) is 18.3. The molecule has 0 aliphatic carbocycles. The Balaban J connectivity index is 1.36. The molecule has 0 unspecified atom stereocenters. The second kappa shape index (κ2) is 13.1. The first kappa shape index (κ1) is 25.7. The summed E-state index contributed by atoms with van der Waals surface area (Å²) < 4.78 is 12.6. The standard InChI is InChI=1S/C33H30N2O2/c34-25-27-20-21-32(24-28(27)26-35)36-22-12-1-2-13-23-37-33(29-14-6-3-7-15-29,30-16-8-4-9-17-30)31-18-10-5-11-19-31/h3-11,14-21,24H,1-2,12-13,22-23H2. The summed E-state index contributed by atoms with van der Waals surface area (Å²) in [7, 11) is 0. The van der Waals surface area contributed by atoms with Crippen molar-refractivity contribution in [3.8, 4) is 17.9 Å². The average Bonchev–Trinajstić information content (AvgIpc) is 2.98. The molecule has 0 aliphatic heterocycles. The van der Waals surface area contributed by atoms with E-state index < -0.39 is 5.60 Å². The van der Waals surface area contributed by atoms with E-state index in [2.05, 4.69) is 72.8 Å². The van der Waals surface area contributed by atoms with Gasteiger partial charge in [-0.2, -0.15) is 10.5 Å². The molecule has 4 rings (SSSR count). The Kier molecular flexibility index (Phi) is 9.08. The smallest absolute Gasteiger partial charge is 0.143 e. The summed E-state index contributed by atoms with van der Waals surface area (Å²) in [5.74, 6) is 0.622. The fourth-order valence-corrected chi connectivity index (χ4v) is 4.54. The van der Waals surface area contributed by atoms with E-state index >= 15 is 0 Å². The van der Waals surface area contributed by atoms with Crippen molar-refractivity contribution in [2.75, 3.05) is 13.2 Å². The molecule has 0 amide bonds. The lowest BCUT2D eigenvalue weighted by atomic mass is 9.80. The van der Waals surface area contributed by atoms with Crippen molar-refractivity contribution in [2.45, 2.75) is 31.3 Å². The van der Waals surface area contributed by atoms with E-state index in [0.717, 1.165) is 42.4 Å². The molecule has 0 aliphatic rings. The van der Waals surface area contributed by atoms with Crippen LogP contribution in [0, 0.1) is 22.7 Å². The Labute approximate surface area is 219 Å². The topological polar surface area (TPSA) is 66.0 Å². The van der Waals surface area contributed by atoms with E-state index in [9.17, 15) is 5.26 Å². The van der Waals surface area contributed by atoms with Gasteiger partial charge in [-0.3, -0.25) is 0 Å². The monoisotopic (exact) mass is 486 g/mol. The van der Waals surface area contributed by atoms with Crippen molar-refractivity contribution in [1.82, 2.24) is 0 Å². The summed E-state index contributed by atoms with van der Waals surface area (Å²) in [5, 5.41) is 18.2. The van der Waals surface area contributed by atoms with Gasteiger partial charge in [0, 0.05) is 6.61 Å². The van der Waals surface area contributed by atoms with E-state index in [1.165, 1.54) is 0 Å². The summed E-state index contributed by atoms with van der Waals surface area (Å²) in [6, 6.07) is 40.4. The van der Waals surface area contributed by atoms with Crippen LogP contribution >= 0.6 is 0 Å². The van der Waals surface area contributed by atoms with Crippen LogP contribution < -0.4 is 4.74 Å². The van der Waals surface area contributed by atoms with Gasteiger partial charge < -0.3 is 9.47 Å². The SMILES string of the molecule is N#Cc1ccc(OCCCCCCOC(c2ccccc2)(c2ccccc2)c2ccccc2)cc1C#N. The fourth-order valence-electron chi connectivity index (χ4n) is 4.54. The van der Waals surface area contributed by atoms with E-state index in [4.69, 9.17) is 14.7 Å². The van der Waals surface area contributed by atoms with Gasteiger partial charge >= 0.3 is 0 Å². The van der Waals surface area contributed by atoms with E-state index in [0.29, 0.717) is 30.1 Å². The molecule has 37 heavy (non-hydrogen) atoms. The van der Waals surface area contributed by atoms with Gasteiger partial charge in [-0.05, 0) is 54.2 Å². The lowest BCUT2D eigenvalue weighted by Gasteiger charge is -2.36. The third-order valence-corrected chi connectivity index (χ3v) is 6.40. The molecular weight excluding hydrogens is 456 g/mol. The Morgan fingerprint density at radius 2 is 1.03 bits per heavy atom. The molecule has 0 saturated heterocycles. The van der Waals surface area contributed by atoms with Gasteiger partial charge in [0.1, 0.15) is 23.5 Å². The molecule has 0 atom stereocenters. The molecule has 4 nitrogen and oxygen atoms in total. The lowest BCUT2D eigenvalue weighted by molar-refractivity contribution is 0.0105. The van der Waals surface area contributed by atoms with Crippen molar-refractivity contribution in [3.63, 3.8) is 0 Å². The van der Waals surface area contributed by atoms with Crippen LogP contribution in [0.4, 0.5) is 0 Å². The minimum atomic E-state index is -0.680. The number of rotatable bonds is 12. The van der Waals surface area contributed by atoms with Gasteiger partial charge in [-0.25, -0.2) is 0 Å². The third-order valence-electron chi connectivity index (χ3n) is 6.40. The van der Waals surface area contributed by atoms with Gasteiger partial charge in [0.2, 0.25) is 0 Å². The highest BCUT2D eigenvalue weighted by Crippen LogP contribution is 2.40. The molecule has 0 aromatic heterocycles. The van der Waals surface area contributed by atoms with Crippen molar-refractivity contribution in [1.29, 1.82) is 10.5 Å². The van der Waals surface area contributed by atoms with Crippen molar-refractivity contribution in [3.05, 3.63) is 137 Å². The van der Waals surface area contributed by atoms with Gasteiger partial charge in [-0.1, -0.05) is 97.4 Å². The minimum absolute atomic E-state index is 0.343. The van der Waals surface area contributed by atoms with Crippen molar-refractivity contribution < 1.29 is 9.47 Å². The maximum absolute atomic E-state index is 9.17. The quantitative estimate of drug-likeness (QED) is 0.155. The Morgan fingerprint density at radius 3 is 1.51 bits per heavy atom. The zero-order valence-corrected chi connectivity index (χ0v) is 20.8. The molecule has 0 N–H and O–H groups in total. The van der Waals surface area contributed by atoms with Crippen molar-refractivity contribution in [2.24, 2.45) is 0 Å². The number of nitriles is 2. The number of nitrogens with zero attached hydrogens (tertiary/aromatic N) is 2. The largest absolute Gasteiger partial charge is 0.494 e. The predicted molar refractivity (Wildman–Crippen MR) is 145 cm³/mol. The highest BCUT2D eigenvalue weighted by atomic mass is 16.5. The predicted octanol–water partition coefficient (Wildman–Crippen LogP) is 7.38. The van der Waals surface area contributed by atoms with Crippen LogP contribution in [-0.4, -0.2) is 13.2 Å². The van der Waals surface area contributed by atoms with Gasteiger partial charge in [-0.15, -0.1) is 0 Å². The summed E-state index contributed by atoms with van der Waals surface area (Å²) in [6.07, 6.45) is 3.88. The molecule has 0 radical (unpaired) electrons. The average molecular weight is 487 g/mol. The minimum Gasteiger partial charge on any atom is -0.494 e. The molecule has 0 spiro atoms. The summed E-state index contributed by atoms with van der Waals surface area (Å²) >= 11 is 0. The maximum atomic E-state index is 9.17. The molecule has 0 fully saturated rings. The Bertz CT molecular complexity index is 1240. The number of hydrogen-bond acceptors (Lipinski definition) is 4.